The average molecular weight is 548 g/mol. The number of carbonyl (C=O) groups is 2. The van der Waals surface area contributed by atoms with Crippen LogP contribution in [-0.2, 0) is 25.3 Å². The molecule has 1 N–H and O–H groups in total. The first-order valence-electron chi connectivity index (χ1n) is 13.2. The van der Waals surface area contributed by atoms with Crippen molar-refractivity contribution in [2.45, 2.75) is 57.0 Å². The number of esters is 1. The van der Waals surface area contributed by atoms with Gasteiger partial charge in [0.1, 0.15) is 12.6 Å². The number of rotatable bonds is 8. The van der Waals surface area contributed by atoms with Crippen molar-refractivity contribution in [1.29, 1.82) is 0 Å². The van der Waals surface area contributed by atoms with Crippen LogP contribution in [0.4, 0.5) is 4.79 Å². The van der Waals surface area contributed by atoms with Crippen LogP contribution in [0.15, 0.2) is 91.0 Å². The zero-order chi connectivity index (χ0) is 28.0. The predicted octanol–water partition coefficient (Wildman–Crippen LogP) is 3.88. The lowest BCUT2D eigenvalue weighted by Crippen LogP contribution is -2.67. The van der Waals surface area contributed by atoms with Gasteiger partial charge in [-0.05, 0) is 21.0 Å². The predicted molar refractivity (Wildman–Crippen MR) is 152 cm³/mol. The lowest BCUT2D eigenvalue weighted by molar-refractivity contribution is -0.145. The first kappa shape index (κ1) is 28.5. The first-order chi connectivity index (χ1) is 18.7. The molecule has 39 heavy (non-hydrogen) atoms. The van der Waals surface area contributed by atoms with Crippen molar-refractivity contribution in [2.24, 2.45) is 0 Å². The molecule has 0 saturated carbocycles. The molecule has 0 radical (unpaired) electrons. The van der Waals surface area contributed by atoms with Crippen LogP contribution in [-0.4, -0.2) is 62.3 Å². The van der Waals surface area contributed by atoms with Crippen LogP contribution in [0.3, 0.4) is 0 Å². The standard InChI is InChI=1S/C31H37NO6Si/c1-31(2,3)39(24-16-10-6-11-17-24,25-18-12-7-13-19-25)38-22-27-28(33)20-26(29(34)36-4)32(27)30(35)37-21-23-14-8-5-9-15-23/h5-19,26-28,33H,20-22H2,1-4H3/t26-,27+,28-/m0/s1. The van der Waals surface area contributed by atoms with Gasteiger partial charge in [0.2, 0.25) is 0 Å². The van der Waals surface area contributed by atoms with Crippen molar-refractivity contribution in [3.63, 3.8) is 0 Å². The van der Waals surface area contributed by atoms with Crippen molar-refractivity contribution in [3.05, 3.63) is 96.6 Å². The summed E-state index contributed by atoms with van der Waals surface area (Å²) in [7, 11) is -1.67. The van der Waals surface area contributed by atoms with Crippen molar-refractivity contribution >= 4 is 30.8 Å². The van der Waals surface area contributed by atoms with E-state index in [4.69, 9.17) is 13.9 Å². The SMILES string of the molecule is COC(=O)[C@@H]1C[C@H](O)[C@@H](CO[Si](c2ccccc2)(c2ccccc2)C(C)(C)C)N1C(=O)OCc1ccccc1. The van der Waals surface area contributed by atoms with Crippen molar-refractivity contribution in [3.8, 4) is 0 Å². The zero-order valence-electron chi connectivity index (χ0n) is 22.9. The maximum Gasteiger partial charge on any atom is 0.411 e. The van der Waals surface area contributed by atoms with Gasteiger partial charge in [-0.1, -0.05) is 112 Å². The third-order valence-electron chi connectivity index (χ3n) is 7.38. The Morgan fingerprint density at radius 3 is 1.90 bits per heavy atom. The summed E-state index contributed by atoms with van der Waals surface area (Å²) in [6, 6.07) is 27.8. The smallest absolute Gasteiger partial charge is 0.411 e. The number of hydrogen-bond donors (Lipinski definition) is 1. The highest BCUT2D eigenvalue weighted by Crippen LogP contribution is 2.38. The van der Waals surface area contributed by atoms with Gasteiger partial charge in [-0.3, -0.25) is 4.90 Å². The summed E-state index contributed by atoms with van der Waals surface area (Å²) < 4.78 is 17.6. The molecular weight excluding hydrogens is 510 g/mol. The Kier molecular flexibility index (Phi) is 8.89. The lowest BCUT2D eigenvalue weighted by atomic mass is 10.1. The van der Waals surface area contributed by atoms with Crippen LogP contribution in [0.2, 0.25) is 5.04 Å². The number of methoxy groups -OCH3 is 1. The minimum atomic E-state index is -2.95. The average Bonchev–Trinajstić information content (AvgIpc) is 3.28. The molecule has 3 aromatic rings. The molecule has 3 atom stereocenters. The monoisotopic (exact) mass is 547 g/mol. The van der Waals surface area contributed by atoms with Gasteiger partial charge in [0.25, 0.3) is 8.32 Å². The molecule has 1 amide bonds. The van der Waals surface area contributed by atoms with Gasteiger partial charge >= 0.3 is 12.1 Å². The molecule has 1 heterocycles. The molecule has 8 heteroatoms. The largest absolute Gasteiger partial charge is 0.467 e. The maximum absolute atomic E-state index is 13.4. The van der Waals surface area contributed by atoms with E-state index in [-0.39, 0.29) is 24.7 Å². The molecule has 0 bridgehead atoms. The lowest BCUT2D eigenvalue weighted by Gasteiger charge is -2.44. The quantitative estimate of drug-likeness (QED) is 0.340. The number of hydrogen-bond acceptors (Lipinski definition) is 6. The molecule has 0 spiro atoms. The molecule has 1 saturated heterocycles. The van der Waals surface area contributed by atoms with Crippen LogP contribution in [0.1, 0.15) is 32.8 Å². The van der Waals surface area contributed by atoms with E-state index in [1.54, 1.807) is 0 Å². The Hall–Kier alpha value is -3.46. The van der Waals surface area contributed by atoms with Gasteiger partial charge < -0.3 is 19.0 Å². The molecule has 0 aromatic heterocycles. The fraction of sp³-hybridized carbons (Fsp3) is 0.355. The third kappa shape index (κ3) is 5.93. The molecule has 4 rings (SSSR count). The Morgan fingerprint density at radius 1 is 0.897 bits per heavy atom. The van der Waals surface area contributed by atoms with Crippen molar-refractivity contribution in [1.82, 2.24) is 4.90 Å². The molecule has 0 aliphatic carbocycles. The van der Waals surface area contributed by atoms with Crippen LogP contribution in [0.25, 0.3) is 0 Å². The van der Waals surface area contributed by atoms with E-state index < -0.39 is 38.6 Å². The number of carbonyl (C=O) groups excluding carboxylic acids is 2. The summed E-state index contributed by atoms with van der Waals surface area (Å²) in [4.78, 5) is 27.4. The second-order valence-electron chi connectivity index (χ2n) is 10.8. The summed E-state index contributed by atoms with van der Waals surface area (Å²) in [6.07, 6.45) is -1.64. The number of nitrogens with zero attached hydrogens (tertiary/aromatic N) is 1. The van der Waals surface area contributed by atoms with E-state index in [2.05, 4.69) is 45.0 Å². The Balaban J connectivity index is 1.68. The molecule has 1 aliphatic rings. The van der Waals surface area contributed by atoms with Gasteiger partial charge in [0, 0.05) is 6.42 Å². The highest BCUT2D eigenvalue weighted by atomic mass is 28.4. The molecule has 1 aliphatic heterocycles. The zero-order valence-corrected chi connectivity index (χ0v) is 23.9. The number of likely N-dealkylation sites (tertiary alicyclic amines) is 1. The maximum atomic E-state index is 13.4. The van der Waals surface area contributed by atoms with Gasteiger partial charge in [0.15, 0.2) is 0 Å². The number of aliphatic hydroxyl groups is 1. The molecule has 7 nitrogen and oxygen atoms in total. The molecule has 0 unspecified atom stereocenters. The highest BCUT2D eigenvalue weighted by Gasteiger charge is 2.53. The van der Waals surface area contributed by atoms with E-state index in [1.165, 1.54) is 12.0 Å². The minimum absolute atomic E-state index is 0.0301. The summed E-state index contributed by atoms with van der Waals surface area (Å²) in [6.45, 7) is 6.55. The molecule has 3 aromatic carbocycles. The molecule has 206 valence electrons. The first-order valence-corrected chi connectivity index (χ1v) is 15.1. The van der Waals surface area contributed by atoms with Crippen LogP contribution in [0.5, 0.6) is 0 Å². The summed E-state index contributed by atoms with van der Waals surface area (Å²) >= 11 is 0. The Labute approximate surface area is 231 Å². The van der Waals surface area contributed by atoms with E-state index in [1.807, 2.05) is 66.7 Å². The van der Waals surface area contributed by atoms with Gasteiger partial charge in [0.05, 0.1) is 25.9 Å². The van der Waals surface area contributed by atoms with E-state index in [0.717, 1.165) is 15.9 Å². The molecular formula is C31H37NO6Si. The van der Waals surface area contributed by atoms with Gasteiger partial charge in [-0.2, -0.15) is 0 Å². The fourth-order valence-electron chi connectivity index (χ4n) is 5.48. The van der Waals surface area contributed by atoms with E-state index >= 15 is 0 Å². The summed E-state index contributed by atoms with van der Waals surface area (Å²) in [5, 5.41) is 13.0. The topological polar surface area (TPSA) is 85.3 Å². The van der Waals surface area contributed by atoms with Crippen LogP contribution in [0, 0.1) is 0 Å². The number of benzene rings is 3. The fourth-order valence-corrected chi connectivity index (χ4v) is 10.1. The van der Waals surface area contributed by atoms with Crippen LogP contribution < -0.4 is 10.4 Å². The van der Waals surface area contributed by atoms with Crippen molar-refractivity contribution in [2.75, 3.05) is 13.7 Å². The van der Waals surface area contributed by atoms with E-state index in [0.29, 0.717) is 0 Å². The highest BCUT2D eigenvalue weighted by molar-refractivity contribution is 6.99. The number of ether oxygens (including phenoxy) is 2. The minimum Gasteiger partial charge on any atom is -0.467 e. The summed E-state index contributed by atoms with van der Waals surface area (Å²) in [5.74, 6) is -0.598. The van der Waals surface area contributed by atoms with Crippen LogP contribution >= 0.6 is 0 Å². The normalized spacial score (nSPS) is 19.5. The Bertz CT molecular complexity index is 1190. The second-order valence-corrected chi connectivity index (χ2v) is 15.1. The Morgan fingerprint density at radius 2 is 1.41 bits per heavy atom. The number of aliphatic hydroxyl groups excluding tert-OH is 1. The van der Waals surface area contributed by atoms with E-state index in [9.17, 15) is 14.7 Å². The van der Waals surface area contributed by atoms with Crippen molar-refractivity contribution < 1.29 is 28.6 Å². The van der Waals surface area contributed by atoms with Gasteiger partial charge in [-0.15, -0.1) is 0 Å². The third-order valence-corrected chi connectivity index (χ3v) is 12.4. The van der Waals surface area contributed by atoms with Gasteiger partial charge in [-0.25, -0.2) is 9.59 Å². The second kappa shape index (κ2) is 12.2. The molecule has 1 fully saturated rings. The summed E-state index contributed by atoms with van der Waals surface area (Å²) in [5.41, 5.74) is 0.820. The number of amides is 1.